The van der Waals surface area contributed by atoms with Gasteiger partial charge in [0.1, 0.15) is 23.9 Å². The van der Waals surface area contributed by atoms with Crippen LogP contribution in [-0.4, -0.2) is 93.7 Å². The molecule has 62 heavy (non-hydrogen) atoms. The van der Waals surface area contributed by atoms with Crippen molar-refractivity contribution in [3.05, 3.63) is 71.5 Å². The first kappa shape index (κ1) is 44.8. The molecule has 4 aromatic rings. The molecule has 3 aliphatic rings. The molecule has 4 atom stereocenters. The van der Waals surface area contributed by atoms with Gasteiger partial charge < -0.3 is 29.4 Å². The van der Waals surface area contributed by atoms with Crippen LogP contribution in [0.15, 0.2) is 54.7 Å². The van der Waals surface area contributed by atoms with E-state index in [1.54, 1.807) is 32.5 Å². The molecule has 1 saturated carbocycles. The van der Waals surface area contributed by atoms with Gasteiger partial charge in [0.2, 0.25) is 11.8 Å². The molecular weight excluding hydrogens is 785 g/mol. The minimum atomic E-state index is -1.09. The van der Waals surface area contributed by atoms with E-state index in [2.05, 4.69) is 61.2 Å². The summed E-state index contributed by atoms with van der Waals surface area (Å²) in [6.07, 6.45) is 4.71. The molecule has 3 amide bonds. The van der Waals surface area contributed by atoms with Crippen LogP contribution in [0.4, 0.5) is 0 Å². The summed E-state index contributed by atoms with van der Waals surface area (Å²) in [5, 5.41) is 16.7. The lowest BCUT2D eigenvalue weighted by Gasteiger charge is -2.39. The van der Waals surface area contributed by atoms with Crippen molar-refractivity contribution in [2.75, 3.05) is 27.3 Å². The van der Waals surface area contributed by atoms with E-state index in [9.17, 15) is 24.3 Å². The van der Waals surface area contributed by atoms with Gasteiger partial charge in [-0.1, -0.05) is 46.8 Å². The van der Waals surface area contributed by atoms with Crippen LogP contribution in [0.1, 0.15) is 97.1 Å². The van der Waals surface area contributed by atoms with Crippen LogP contribution in [0.2, 0.25) is 0 Å². The molecule has 4 heterocycles. The Hall–Kier alpha value is -5.27. The number of benzene rings is 2. The van der Waals surface area contributed by atoms with Crippen molar-refractivity contribution in [1.29, 1.82) is 0 Å². The van der Waals surface area contributed by atoms with E-state index in [-0.39, 0.29) is 42.6 Å². The van der Waals surface area contributed by atoms with Crippen LogP contribution < -0.4 is 10.7 Å². The summed E-state index contributed by atoms with van der Waals surface area (Å²) < 4.78 is 14.2. The minimum absolute atomic E-state index is 0.0188. The van der Waals surface area contributed by atoms with E-state index < -0.39 is 41.3 Å². The lowest BCUT2D eigenvalue weighted by Crippen LogP contribution is -2.62. The summed E-state index contributed by atoms with van der Waals surface area (Å²) in [6.45, 7) is 15.3. The van der Waals surface area contributed by atoms with Crippen molar-refractivity contribution in [3.63, 3.8) is 0 Å². The Kier molecular flexibility index (Phi) is 13.2. The number of methoxy groups -OCH3 is 1. The Balaban J connectivity index is 1.34. The molecule has 3 N–H and O–H groups in total. The zero-order valence-electron chi connectivity index (χ0n) is 37.8. The zero-order valence-corrected chi connectivity index (χ0v) is 37.8. The first-order chi connectivity index (χ1) is 29.5. The molecule has 2 aromatic heterocycles. The molecule has 2 fully saturated rings. The molecule has 7 rings (SSSR count). The molecule has 2 aliphatic heterocycles. The van der Waals surface area contributed by atoms with Gasteiger partial charge in [-0.2, -0.15) is 0 Å². The average molecular weight is 849 g/mol. The third-order valence-corrected chi connectivity index (χ3v) is 13.1. The normalized spacial score (nSPS) is 22.6. The van der Waals surface area contributed by atoms with E-state index in [0.717, 1.165) is 57.4 Å². The number of carbonyl (C=O) groups excluding carboxylic acids is 4. The fourth-order valence-electron chi connectivity index (χ4n) is 9.78. The Bertz CT molecular complexity index is 2330. The van der Waals surface area contributed by atoms with Gasteiger partial charge in [-0.05, 0) is 116 Å². The van der Waals surface area contributed by atoms with E-state index in [1.165, 1.54) is 9.91 Å². The predicted molar refractivity (Wildman–Crippen MR) is 239 cm³/mol. The number of hydrogen-bond acceptors (Lipinski definition) is 9. The molecule has 6 bridgehead atoms. The van der Waals surface area contributed by atoms with Crippen molar-refractivity contribution in [3.8, 4) is 28.1 Å². The molecule has 13 heteroatoms. The monoisotopic (exact) mass is 848 g/mol. The van der Waals surface area contributed by atoms with Crippen molar-refractivity contribution in [1.82, 2.24) is 30.2 Å². The summed E-state index contributed by atoms with van der Waals surface area (Å²) >= 11 is 0. The van der Waals surface area contributed by atoms with E-state index in [4.69, 9.17) is 14.5 Å². The first-order valence-electron chi connectivity index (χ1n) is 22.3. The second kappa shape index (κ2) is 18.2. The summed E-state index contributed by atoms with van der Waals surface area (Å²) in [5.74, 6) is -1.27. The molecule has 332 valence electrons. The van der Waals surface area contributed by atoms with Crippen molar-refractivity contribution in [2.45, 2.75) is 118 Å². The molecule has 0 spiro atoms. The van der Waals surface area contributed by atoms with E-state index >= 15 is 0 Å². The highest BCUT2D eigenvalue weighted by molar-refractivity contribution is 5.96. The third kappa shape index (κ3) is 9.11. The molecule has 2 aromatic carbocycles. The number of hydrazine groups is 1. The van der Waals surface area contributed by atoms with Gasteiger partial charge in [0.25, 0.3) is 5.91 Å². The summed E-state index contributed by atoms with van der Waals surface area (Å²) in [5.41, 5.74) is 9.76. The fraction of sp³-hybridized carbons (Fsp3) is 0.531. The molecule has 1 saturated heterocycles. The number of nitrogens with one attached hydrogen (secondary N) is 2. The smallest absolute Gasteiger partial charge is 0.324 e. The fourth-order valence-corrected chi connectivity index (χ4v) is 9.78. The van der Waals surface area contributed by atoms with Gasteiger partial charge in [0, 0.05) is 67.7 Å². The van der Waals surface area contributed by atoms with Gasteiger partial charge in [-0.3, -0.25) is 29.2 Å². The Morgan fingerprint density at radius 1 is 1.10 bits per heavy atom. The number of aromatic nitrogens is 2. The number of aryl methyl sites for hydroxylation is 1. The highest BCUT2D eigenvalue weighted by Crippen LogP contribution is 2.42. The number of fused-ring (bicyclic) bond motifs is 6. The maximum absolute atomic E-state index is 14.6. The van der Waals surface area contributed by atoms with Gasteiger partial charge in [-0.25, -0.2) is 5.43 Å². The average Bonchev–Trinajstić information content (AvgIpc) is 3.54. The number of rotatable bonds is 9. The Labute approximate surface area is 365 Å². The number of amides is 3. The molecule has 13 nitrogen and oxygen atoms in total. The van der Waals surface area contributed by atoms with Crippen LogP contribution in [-0.2, 0) is 48.0 Å². The van der Waals surface area contributed by atoms with Gasteiger partial charge >= 0.3 is 5.97 Å². The van der Waals surface area contributed by atoms with Gasteiger partial charge in [0.05, 0.1) is 24.1 Å². The van der Waals surface area contributed by atoms with Crippen LogP contribution in [0.25, 0.3) is 33.3 Å². The second-order valence-corrected chi connectivity index (χ2v) is 18.9. The number of ether oxygens (including phenoxy) is 2. The van der Waals surface area contributed by atoms with Crippen molar-refractivity contribution >= 4 is 34.6 Å². The quantitative estimate of drug-likeness (QED) is 0.151. The Morgan fingerprint density at radius 2 is 1.85 bits per heavy atom. The highest BCUT2D eigenvalue weighted by atomic mass is 16.5. The lowest BCUT2D eigenvalue weighted by atomic mass is 9.75. The summed E-state index contributed by atoms with van der Waals surface area (Å²) in [6, 6.07) is 12.9. The zero-order chi connectivity index (χ0) is 44.6. The molecule has 0 radical (unpaired) electrons. The van der Waals surface area contributed by atoms with Crippen LogP contribution in [0.5, 0.6) is 5.75 Å². The standard InChI is InChI=1S/C49H64N6O7/c1-10-54-41-16-15-32-25-37(41)38(44(54)36-13-11-17-50-42(36)30(5)61-9)26-49(6,7)27-62-48(60)39-14-12-18-55(52-39)47(59)40(23-31-21-33(32)24-35(56)22-31)51-45(57)43(28(2)3)53(8)46(58)34-19-29(4)20-34/h11,13,15-17,21-22,24-25,28-30,34,39-40,43,52,56H,10,12,14,18-20,23,26-27H2,1-9H3,(H,51,57)/t29-,30-,34-,39-,40-,43?/m0/s1. The maximum Gasteiger partial charge on any atom is 0.324 e. The number of carbonyl (C=O) groups is 4. The van der Waals surface area contributed by atoms with Crippen molar-refractivity contribution < 1.29 is 33.8 Å². The predicted octanol–water partition coefficient (Wildman–Crippen LogP) is 6.98. The lowest BCUT2D eigenvalue weighted by molar-refractivity contribution is -0.155. The summed E-state index contributed by atoms with van der Waals surface area (Å²) in [7, 11) is 3.35. The van der Waals surface area contributed by atoms with E-state index in [1.807, 2.05) is 39.0 Å². The number of phenolic OH excluding ortho intramolecular Hbond substituents is 1. The number of phenols is 1. The number of esters is 1. The van der Waals surface area contributed by atoms with Gasteiger partial charge in [-0.15, -0.1) is 0 Å². The molecule has 1 aliphatic carbocycles. The second-order valence-electron chi connectivity index (χ2n) is 18.9. The number of nitrogens with zero attached hydrogens (tertiary/aromatic N) is 4. The topological polar surface area (TPSA) is 155 Å². The first-order valence-corrected chi connectivity index (χ1v) is 22.3. The number of cyclic esters (lactones) is 1. The molecule has 1 unspecified atom stereocenters. The Morgan fingerprint density at radius 3 is 2.55 bits per heavy atom. The summed E-state index contributed by atoms with van der Waals surface area (Å²) in [4.78, 5) is 62.7. The van der Waals surface area contributed by atoms with Crippen LogP contribution in [0, 0.1) is 23.2 Å². The third-order valence-electron chi connectivity index (χ3n) is 13.1. The SMILES string of the molecule is CCn1c(-c2cccnc2[C@H](C)OC)c2c3cc(ccc31)-c1cc(O)cc(c1)C[C@H](NC(=O)C(C(C)C)N(C)C(=O)[C@H]1C[C@H](C)C1)C(=O)N1CCC[C@H](N1)C(=O)OCC(C)(C)C2. The number of aromatic hydroxyl groups is 1. The largest absolute Gasteiger partial charge is 0.508 e. The number of likely N-dealkylation sites (N-methyl/N-ethyl adjacent to an activating group) is 1. The number of pyridine rings is 1. The maximum atomic E-state index is 14.6. The van der Waals surface area contributed by atoms with Crippen LogP contribution >= 0.6 is 0 Å². The highest BCUT2D eigenvalue weighted by Gasteiger charge is 2.41. The van der Waals surface area contributed by atoms with E-state index in [0.29, 0.717) is 43.8 Å². The van der Waals surface area contributed by atoms with Crippen LogP contribution in [0.3, 0.4) is 0 Å². The van der Waals surface area contributed by atoms with Crippen molar-refractivity contribution in [2.24, 2.45) is 23.2 Å². The number of hydrogen-bond donors (Lipinski definition) is 3. The minimum Gasteiger partial charge on any atom is -0.508 e. The van der Waals surface area contributed by atoms with Gasteiger partial charge in [0.15, 0.2) is 0 Å². The molecular formula is C49H64N6O7.